The van der Waals surface area contributed by atoms with E-state index < -0.39 is 18.2 Å². The molecular weight excluding hydrogens is 360 g/mol. The molecule has 0 amide bonds. The van der Waals surface area contributed by atoms with Crippen molar-refractivity contribution in [3.05, 3.63) is 47.0 Å². The Hall–Kier alpha value is -2.60. The van der Waals surface area contributed by atoms with Crippen LogP contribution >= 0.6 is 11.6 Å². The molecular formula is C19H19ClO6. The van der Waals surface area contributed by atoms with Crippen LogP contribution in [0.1, 0.15) is 25.0 Å². The van der Waals surface area contributed by atoms with Gasteiger partial charge in [0, 0.05) is 5.56 Å². The van der Waals surface area contributed by atoms with Gasteiger partial charge in [-0.2, -0.15) is 0 Å². The number of hydrogen-bond acceptors (Lipinski definition) is 5. The van der Waals surface area contributed by atoms with Crippen LogP contribution in [0.3, 0.4) is 0 Å². The molecule has 0 aromatic heterocycles. The second-order valence-corrected chi connectivity index (χ2v) is 6.15. The topological polar surface area (TPSA) is 74.2 Å². The van der Waals surface area contributed by atoms with Gasteiger partial charge in [-0.05, 0) is 30.7 Å². The van der Waals surface area contributed by atoms with Crippen LogP contribution in [-0.2, 0) is 4.79 Å². The quantitative estimate of drug-likeness (QED) is 0.815. The molecule has 0 fully saturated rings. The zero-order chi connectivity index (χ0) is 18.7. The fourth-order valence-electron chi connectivity index (χ4n) is 2.71. The lowest BCUT2D eigenvalue weighted by Gasteiger charge is -2.32. The monoisotopic (exact) mass is 378 g/mol. The van der Waals surface area contributed by atoms with E-state index in [1.165, 1.54) is 7.11 Å². The first-order chi connectivity index (χ1) is 12.5. The van der Waals surface area contributed by atoms with Crippen molar-refractivity contribution in [2.24, 2.45) is 0 Å². The first kappa shape index (κ1) is 18.2. The first-order valence-electron chi connectivity index (χ1n) is 8.20. The van der Waals surface area contributed by atoms with Gasteiger partial charge < -0.3 is 24.1 Å². The molecule has 26 heavy (non-hydrogen) atoms. The number of para-hydroxylation sites is 2. The number of benzene rings is 2. The Morgan fingerprint density at radius 1 is 1.23 bits per heavy atom. The number of aliphatic carboxylic acids is 1. The summed E-state index contributed by atoms with van der Waals surface area (Å²) >= 11 is 6.35. The number of ether oxygens (including phenoxy) is 4. The molecule has 2 aromatic rings. The predicted molar refractivity (Wildman–Crippen MR) is 95.7 cm³/mol. The molecule has 0 saturated heterocycles. The SMILES string of the molecule is CCCOc1c(Cl)cc(C2Oc3ccccc3OC2C(=O)O)cc1OC. The average Bonchev–Trinajstić information content (AvgIpc) is 2.65. The van der Waals surface area contributed by atoms with E-state index in [-0.39, 0.29) is 0 Å². The lowest BCUT2D eigenvalue weighted by Crippen LogP contribution is -2.39. The molecule has 0 aliphatic carbocycles. The third-order valence-corrected chi connectivity index (χ3v) is 4.19. The number of halogens is 1. The van der Waals surface area contributed by atoms with Crippen molar-refractivity contribution in [1.29, 1.82) is 0 Å². The first-order valence-corrected chi connectivity index (χ1v) is 8.58. The van der Waals surface area contributed by atoms with Gasteiger partial charge in [0.1, 0.15) is 0 Å². The zero-order valence-corrected chi connectivity index (χ0v) is 15.2. The summed E-state index contributed by atoms with van der Waals surface area (Å²) in [6.07, 6.45) is -1.28. The number of rotatable bonds is 6. The van der Waals surface area contributed by atoms with Crippen LogP contribution in [0.15, 0.2) is 36.4 Å². The van der Waals surface area contributed by atoms with E-state index in [0.29, 0.717) is 40.2 Å². The van der Waals surface area contributed by atoms with E-state index in [1.807, 2.05) is 6.92 Å². The third kappa shape index (κ3) is 3.51. The number of methoxy groups -OCH3 is 1. The summed E-state index contributed by atoms with van der Waals surface area (Å²) in [5, 5.41) is 9.89. The number of fused-ring (bicyclic) bond motifs is 1. The van der Waals surface area contributed by atoms with Gasteiger partial charge in [-0.15, -0.1) is 0 Å². The highest BCUT2D eigenvalue weighted by Gasteiger charge is 2.39. The van der Waals surface area contributed by atoms with Gasteiger partial charge in [0.05, 0.1) is 18.7 Å². The van der Waals surface area contributed by atoms with E-state index in [9.17, 15) is 9.90 Å². The molecule has 1 heterocycles. The van der Waals surface area contributed by atoms with E-state index >= 15 is 0 Å². The predicted octanol–water partition coefficient (Wildman–Crippen LogP) is 4.10. The van der Waals surface area contributed by atoms with E-state index in [4.69, 9.17) is 30.5 Å². The molecule has 3 rings (SSSR count). The molecule has 1 aliphatic rings. The van der Waals surface area contributed by atoms with Gasteiger partial charge in [0.2, 0.25) is 6.10 Å². The highest BCUT2D eigenvalue weighted by atomic mass is 35.5. The summed E-state index contributed by atoms with van der Waals surface area (Å²) in [5.41, 5.74) is 0.526. The van der Waals surface area contributed by atoms with Crippen molar-refractivity contribution < 1.29 is 28.8 Å². The zero-order valence-electron chi connectivity index (χ0n) is 14.4. The number of carboxylic acid groups (broad SMARTS) is 1. The second-order valence-electron chi connectivity index (χ2n) is 5.74. The third-order valence-electron chi connectivity index (χ3n) is 3.91. The van der Waals surface area contributed by atoms with Crippen LogP contribution in [0.4, 0.5) is 0 Å². The second kappa shape index (κ2) is 7.74. The lowest BCUT2D eigenvalue weighted by molar-refractivity contribution is -0.151. The van der Waals surface area contributed by atoms with E-state index in [1.54, 1.807) is 36.4 Å². The molecule has 0 bridgehead atoms. The summed E-state index contributed by atoms with van der Waals surface area (Å²) in [6.45, 7) is 2.47. The summed E-state index contributed by atoms with van der Waals surface area (Å²) in [5.74, 6) is 0.552. The minimum absolute atomic E-state index is 0.319. The van der Waals surface area contributed by atoms with Gasteiger partial charge in [-0.25, -0.2) is 4.79 Å². The largest absolute Gasteiger partial charge is 0.493 e. The number of carboxylic acids is 1. The van der Waals surface area contributed by atoms with Crippen LogP contribution in [0.5, 0.6) is 23.0 Å². The molecule has 0 spiro atoms. The van der Waals surface area contributed by atoms with Crippen LogP contribution in [0.25, 0.3) is 0 Å². The molecule has 0 radical (unpaired) electrons. The highest BCUT2D eigenvalue weighted by Crippen LogP contribution is 2.43. The number of hydrogen-bond donors (Lipinski definition) is 1. The Morgan fingerprint density at radius 3 is 2.54 bits per heavy atom. The molecule has 7 heteroatoms. The van der Waals surface area contributed by atoms with E-state index in [2.05, 4.69) is 0 Å². The van der Waals surface area contributed by atoms with Gasteiger partial charge >= 0.3 is 5.97 Å². The smallest absolute Gasteiger partial charge is 0.349 e. The molecule has 0 saturated carbocycles. The molecule has 2 aromatic carbocycles. The Bertz CT molecular complexity index is 807. The molecule has 138 valence electrons. The van der Waals surface area contributed by atoms with Crippen LogP contribution in [-0.4, -0.2) is 30.9 Å². The molecule has 1 aliphatic heterocycles. The van der Waals surface area contributed by atoms with Gasteiger partial charge in [-0.1, -0.05) is 30.7 Å². The summed E-state index contributed by atoms with van der Waals surface area (Å²) in [6, 6.07) is 10.2. The molecule has 2 atom stereocenters. The Kier molecular flexibility index (Phi) is 5.42. The summed E-state index contributed by atoms with van der Waals surface area (Å²) < 4.78 is 22.5. The normalized spacial score (nSPS) is 18.3. The number of carbonyl (C=O) groups is 1. The molecule has 2 unspecified atom stereocenters. The Labute approximate surface area is 156 Å². The van der Waals surface area contributed by atoms with Crippen LogP contribution in [0, 0.1) is 0 Å². The lowest BCUT2D eigenvalue weighted by atomic mass is 10.0. The maximum Gasteiger partial charge on any atom is 0.349 e. The van der Waals surface area contributed by atoms with Crippen molar-refractivity contribution in [3.8, 4) is 23.0 Å². The fourth-order valence-corrected chi connectivity index (χ4v) is 2.99. The van der Waals surface area contributed by atoms with E-state index in [0.717, 1.165) is 6.42 Å². The fraction of sp³-hybridized carbons (Fsp3) is 0.316. The maximum atomic E-state index is 11.7. The van der Waals surface area contributed by atoms with Crippen LogP contribution in [0.2, 0.25) is 5.02 Å². The van der Waals surface area contributed by atoms with Crippen molar-refractivity contribution in [3.63, 3.8) is 0 Å². The maximum absolute atomic E-state index is 11.7. The standard InChI is InChI=1S/C19H19ClO6/c1-3-8-24-17-12(20)9-11(10-15(17)23-2)16-18(19(21)22)26-14-7-5-4-6-13(14)25-16/h4-7,9-10,16,18H,3,8H2,1-2H3,(H,21,22). The Morgan fingerprint density at radius 2 is 1.92 bits per heavy atom. The van der Waals surface area contributed by atoms with Crippen molar-refractivity contribution in [1.82, 2.24) is 0 Å². The Balaban J connectivity index is 2.01. The van der Waals surface area contributed by atoms with Crippen molar-refractivity contribution in [2.75, 3.05) is 13.7 Å². The summed E-state index contributed by atoms with van der Waals surface area (Å²) in [4.78, 5) is 11.7. The van der Waals surface area contributed by atoms with Gasteiger partial charge in [0.15, 0.2) is 29.1 Å². The highest BCUT2D eigenvalue weighted by molar-refractivity contribution is 6.32. The van der Waals surface area contributed by atoms with Crippen LogP contribution < -0.4 is 18.9 Å². The minimum atomic E-state index is -1.21. The van der Waals surface area contributed by atoms with Crippen molar-refractivity contribution in [2.45, 2.75) is 25.6 Å². The van der Waals surface area contributed by atoms with Crippen molar-refractivity contribution >= 4 is 17.6 Å². The van der Waals surface area contributed by atoms with Gasteiger partial charge in [0.25, 0.3) is 0 Å². The minimum Gasteiger partial charge on any atom is -0.493 e. The van der Waals surface area contributed by atoms with Gasteiger partial charge in [-0.3, -0.25) is 0 Å². The molecule has 6 nitrogen and oxygen atoms in total. The average molecular weight is 379 g/mol. The molecule has 1 N–H and O–H groups in total. The summed E-state index contributed by atoms with van der Waals surface area (Å²) in [7, 11) is 1.50.